The van der Waals surface area contributed by atoms with Crippen molar-refractivity contribution in [2.24, 2.45) is 0 Å². The average molecular weight is 937 g/mol. The van der Waals surface area contributed by atoms with Crippen LogP contribution in [0.4, 0.5) is 11.4 Å². The van der Waals surface area contributed by atoms with Gasteiger partial charge in [0.25, 0.3) is 32.1 Å². The first-order chi connectivity index (χ1) is 29.2. The number of methoxy groups -OCH3 is 2. The minimum atomic E-state index is -5.00. The highest BCUT2D eigenvalue weighted by molar-refractivity contribution is 7.89. The van der Waals surface area contributed by atoms with Crippen LogP contribution in [0.1, 0.15) is 31.8 Å². The summed E-state index contributed by atoms with van der Waals surface area (Å²) < 4.78 is 147. The Hall–Kier alpha value is -5.28. The quantitative estimate of drug-likeness (QED) is 0.104. The molecule has 0 radical (unpaired) electrons. The summed E-state index contributed by atoms with van der Waals surface area (Å²) in [4.78, 5) is 24.7. The maximum atomic E-state index is 13.4. The monoisotopic (exact) mass is 936 g/mol. The fraction of sp³-hybridized carbons (Fsp3) is 0.263. The summed E-state index contributed by atoms with van der Waals surface area (Å²) in [7, 11) is -15.7. The van der Waals surface area contributed by atoms with Crippen LogP contribution in [0, 0.1) is 0 Å². The number of morpholine rings is 2. The standard InChI is InChI=1S/C38H40N4O16S4/c1-55-31-11-7-27(21-35(31)59(45,46)41-13-17-57-18-14-41)37(43)39-29-9-5-25(33(23-29)61(49,50)51)3-4-26-6-10-30(24-34(26)62(52,53)54)40-38(44)28-8-12-32(56-2)36(22-28)60(47,48)42-15-19-58-20-16-42/h3-12,21-24H,13-20H2,1-2H3,(H,39,43)(H,40,44)(H,49,50,51)(H,52,53,54). The van der Waals surface area contributed by atoms with Gasteiger partial charge in [-0.1, -0.05) is 24.3 Å². The number of hydrogen-bond acceptors (Lipinski definition) is 14. The zero-order chi connectivity index (χ0) is 45.0. The van der Waals surface area contributed by atoms with Gasteiger partial charge in [-0.15, -0.1) is 0 Å². The number of carbonyl (C=O) groups is 2. The molecular weight excluding hydrogens is 897 g/mol. The van der Waals surface area contributed by atoms with E-state index in [9.17, 15) is 52.4 Å². The molecule has 0 aliphatic carbocycles. The summed E-state index contributed by atoms with van der Waals surface area (Å²) in [6.45, 7) is 1.06. The van der Waals surface area contributed by atoms with Gasteiger partial charge >= 0.3 is 0 Å². The third kappa shape index (κ3) is 10.3. The summed E-state index contributed by atoms with van der Waals surface area (Å²) in [5.41, 5.74) is -0.885. The number of anilines is 2. The van der Waals surface area contributed by atoms with Gasteiger partial charge in [0.2, 0.25) is 20.0 Å². The van der Waals surface area contributed by atoms with Crippen LogP contribution in [0.15, 0.2) is 92.4 Å². The maximum Gasteiger partial charge on any atom is 0.295 e. The van der Waals surface area contributed by atoms with E-state index in [4.69, 9.17) is 18.9 Å². The van der Waals surface area contributed by atoms with E-state index in [2.05, 4.69) is 10.6 Å². The van der Waals surface area contributed by atoms with E-state index in [1.54, 1.807) is 0 Å². The first-order valence-corrected chi connectivity index (χ1v) is 24.1. The van der Waals surface area contributed by atoms with Gasteiger partial charge in [-0.3, -0.25) is 18.7 Å². The highest BCUT2D eigenvalue weighted by atomic mass is 32.2. The van der Waals surface area contributed by atoms with Gasteiger partial charge in [0.1, 0.15) is 31.1 Å². The van der Waals surface area contributed by atoms with Crippen LogP contribution in [0.25, 0.3) is 12.2 Å². The molecule has 2 amide bonds. The first kappa shape index (κ1) is 46.2. The van der Waals surface area contributed by atoms with E-state index in [1.165, 1.54) is 71.4 Å². The highest BCUT2D eigenvalue weighted by Crippen LogP contribution is 2.32. The molecule has 24 heteroatoms. The van der Waals surface area contributed by atoms with Crippen LogP contribution < -0.4 is 20.1 Å². The Balaban J connectivity index is 1.24. The van der Waals surface area contributed by atoms with Crippen molar-refractivity contribution < 1.29 is 71.3 Å². The molecule has 0 atom stereocenters. The summed E-state index contributed by atoms with van der Waals surface area (Å²) in [5, 5.41) is 4.93. The molecule has 0 saturated carbocycles. The lowest BCUT2D eigenvalue weighted by atomic mass is 10.1. The molecule has 2 aliphatic rings. The molecule has 0 bridgehead atoms. The SMILES string of the molecule is COc1ccc(C(=O)Nc2ccc(C=Cc3ccc(NC(=O)c4ccc(OC)c(S(=O)(=O)N5CCOCC5)c4)cc3S(=O)(=O)O)c(S(=O)(=O)O)c2)cc1S(=O)(=O)N1CCOCC1. The van der Waals surface area contributed by atoms with Gasteiger partial charge < -0.3 is 29.6 Å². The van der Waals surface area contributed by atoms with Gasteiger partial charge in [0, 0.05) is 48.7 Å². The summed E-state index contributed by atoms with van der Waals surface area (Å²) >= 11 is 0. The lowest BCUT2D eigenvalue weighted by Crippen LogP contribution is -2.40. The number of amides is 2. The van der Waals surface area contributed by atoms with Crippen molar-refractivity contribution >= 4 is 75.6 Å². The Morgan fingerprint density at radius 2 is 0.903 bits per heavy atom. The Morgan fingerprint density at radius 1 is 0.548 bits per heavy atom. The van der Waals surface area contributed by atoms with Gasteiger partial charge in [0.15, 0.2) is 0 Å². The van der Waals surface area contributed by atoms with E-state index in [-0.39, 0.29) is 108 Å². The van der Waals surface area contributed by atoms with Crippen molar-refractivity contribution in [3.63, 3.8) is 0 Å². The second kappa shape index (κ2) is 18.6. The lowest BCUT2D eigenvalue weighted by Gasteiger charge is -2.26. The van der Waals surface area contributed by atoms with E-state index < -0.39 is 61.9 Å². The first-order valence-electron chi connectivity index (χ1n) is 18.3. The topological polar surface area (TPSA) is 279 Å². The Labute approximate surface area is 357 Å². The number of hydrogen-bond donors (Lipinski definition) is 4. The number of benzene rings is 4. The minimum absolute atomic E-state index is 0.0174. The maximum absolute atomic E-state index is 13.4. The van der Waals surface area contributed by atoms with Gasteiger partial charge in [-0.2, -0.15) is 25.4 Å². The number of sulfonamides is 2. The molecule has 4 aromatic rings. The lowest BCUT2D eigenvalue weighted by molar-refractivity contribution is 0.0729. The minimum Gasteiger partial charge on any atom is -0.495 e. The second-order valence-corrected chi connectivity index (χ2v) is 20.1. The molecule has 2 aliphatic heterocycles. The van der Waals surface area contributed by atoms with E-state index in [1.807, 2.05) is 0 Å². The number of ether oxygens (including phenoxy) is 4. The van der Waals surface area contributed by atoms with Crippen LogP contribution in [0.3, 0.4) is 0 Å². The normalized spacial score (nSPS) is 15.9. The molecule has 0 spiro atoms. The van der Waals surface area contributed by atoms with Crippen LogP contribution in [0.2, 0.25) is 0 Å². The van der Waals surface area contributed by atoms with Crippen molar-refractivity contribution in [2.45, 2.75) is 19.6 Å². The number of carbonyl (C=O) groups excluding carboxylic acids is 2. The Kier molecular flexibility index (Phi) is 13.9. The van der Waals surface area contributed by atoms with Crippen molar-refractivity contribution in [3.8, 4) is 11.5 Å². The van der Waals surface area contributed by atoms with E-state index >= 15 is 0 Å². The van der Waals surface area contributed by atoms with Gasteiger partial charge in [-0.05, 0) is 71.8 Å². The molecule has 20 nitrogen and oxygen atoms in total. The summed E-state index contributed by atoms with van der Waals surface area (Å²) in [6, 6.07) is 14.1. The summed E-state index contributed by atoms with van der Waals surface area (Å²) in [6.07, 6.45) is 2.22. The molecule has 0 aromatic heterocycles. The smallest absolute Gasteiger partial charge is 0.295 e. The van der Waals surface area contributed by atoms with Gasteiger partial charge in [0.05, 0.1) is 40.6 Å². The molecule has 6 rings (SSSR count). The molecular formula is C38H40N4O16S4. The fourth-order valence-electron chi connectivity index (χ4n) is 6.42. The van der Waals surface area contributed by atoms with E-state index in [0.717, 1.165) is 36.4 Å². The second-order valence-electron chi connectivity index (χ2n) is 13.5. The largest absolute Gasteiger partial charge is 0.495 e. The number of rotatable bonds is 14. The van der Waals surface area contributed by atoms with Gasteiger partial charge in [-0.25, -0.2) is 16.8 Å². The molecule has 2 fully saturated rings. The van der Waals surface area contributed by atoms with Crippen LogP contribution >= 0.6 is 0 Å². The molecule has 0 unspecified atom stereocenters. The zero-order valence-corrected chi connectivity index (χ0v) is 36.1. The Morgan fingerprint density at radius 3 is 1.23 bits per heavy atom. The van der Waals surface area contributed by atoms with Crippen molar-refractivity contribution in [1.82, 2.24) is 8.61 Å². The third-order valence-corrected chi connectivity index (χ3v) is 15.2. The van der Waals surface area contributed by atoms with Crippen LogP contribution in [0.5, 0.6) is 11.5 Å². The zero-order valence-electron chi connectivity index (χ0n) is 32.9. The fourth-order valence-corrected chi connectivity index (χ4v) is 11.0. The molecule has 4 aromatic carbocycles. The molecule has 62 heavy (non-hydrogen) atoms. The molecule has 2 heterocycles. The van der Waals surface area contributed by atoms with Crippen molar-refractivity contribution in [3.05, 3.63) is 95.1 Å². The molecule has 2 saturated heterocycles. The van der Waals surface area contributed by atoms with Crippen LogP contribution in [-0.2, 0) is 49.8 Å². The van der Waals surface area contributed by atoms with Crippen molar-refractivity contribution in [2.75, 3.05) is 77.5 Å². The van der Waals surface area contributed by atoms with Crippen molar-refractivity contribution in [1.29, 1.82) is 0 Å². The molecule has 4 N–H and O–H groups in total. The van der Waals surface area contributed by atoms with Crippen LogP contribution in [-0.4, -0.2) is 130 Å². The number of nitrogens with one attached hydrogen (secondary N) is 2. The Bertz CT molecular complexity index is 2680. The predicted octanol–water partition coefficient (Wildman–Crippen LogP) is 2.91. The molecule has 332 valence electrons. The third-order valence-electron chi connectivity index (χ3n) is 9.57. The average Bonchev–Trinajstić information content (AvgIpc) is 3.25. The highest BCUT2D eigenvalue weighted by Gasteiger charge is 2.32. The predicted molar refractivity (Wildman–Crippen MR) is 222 cm³/mol. The van der Waals surface area contributed by atoms with E-state index in [0.29, 0.717) is 0 Å². The summed E-state index contributed by atoms with van der Waals surface area (Å²) in [5.74, 6) is -1.72. The number of nitrogens with zero attached hydrogens (tertiary/aromatic N) is 2.